The Bertz CT molecular complexity index is 3110. The van der Waals surface area contributed by atoms with Gasteiger partial charge in [0.05, 0.1) is 34.4 Å². The van der Waals surface area contributed by atoms with E-state index in [1.165, 1.54) is 68.1 Å². The van der Waals surface area contributed by atoms with E-state index in [1.807, 2.05) is 77.8 Å². The Balaban J connectivity index is 0.000000193. The number of carbonyl (C=O) groups is 4. The van der Waals surface area contributed by atoms with Gasteiger partial charge in [-0.05, 0) is 117 Å². The number of hydrogen-bond acceptors (Lipinski definition) is 11. The minimum atomic E-state index is -0.982. The molecule has 4 aromatic carbocycles. The van der Waals surface area contributed by atoms with E-state index >= 15 is 0 Å². The molecule has 364 valence electrons. The molecular weight excluding hydrogens is 952 g/mol. The number of carbonyl (C=O) groups excluding carboxylic acids is 3. The van der Waals surface area contributed by atoms with Crippen molar-refractivity contribution in [3.63, 3.8) is 0 Å². The summed E-state index contributed by atoms with van der Waals surface area (Å²) in [7, 11) is 0. The molecule has 71 heavy (non-hydrogen) atoms. The normalized spacial score (nSPS) is 11.6. The fourth-order valence-electron chi connectivity index (χ4n) is 7.03. The first kappa shape index (κ1) is 52.7. The van der Waals surface area contributed by atoms with Crippen LogP contribution >= 0.6 is 23.2 Å². The molecule has 4 aromatic heterocycles. The molecule has 0 aliphatic rings. The highest BCUT2D eigenvalue weighted by molar-refractivity contribution is 6.31. The summed E-state index contributed by atoms with van der Waals surface area (Å²) in [4.78, 5) is 64.3. The van der Waals surface area contributed by atoms with Crippen LogP contribution in [0.5, 0.6) is 0 Å². The van der Waals surface area contributed by atoms with Crippen LogP contribution in [0, 0.1) is 25.5 Å². The number of ketones is 3. The Morgan fingerprint density at radius 1 is 0.606 bits per heavy atom. The number of benzene rings is 4. The zero-order chi connectivity index (χ0) is 51.2. The van der Waals surface area contributed by atoms with E-state index < -0.39 is 17.8 Å². The van der Waals surface area contributed by atoms with Crippen molar-refractivity contribution in [1.82, 2.24) is 39.5 Å². The molecule has 14 nitrogen and oxygen atoms in total. The molecule has 8 rings (SSSR count). The van der Waals surface area contributed by atoms with Crippen LogP contribution in [0.4, 0.5) is 8.78 Å². The predicted molar refractivity (Wildman–Crippen MR) is 265 cm³/mol. The van der Waals surface area contributed by atoms with Crippen molar-refractivity contribution >= 4 is 46.5 Å². The van der Waals surface area contributed by atoms with Crippen molar-refractivity contribution in [2.45, 2.75) is 71.8 Å². The van der Waals surface area contributed by atoms with Crippen LogP contribution in [0.3, 0.4) is 0 Å². The minimum absolute atomic E-state index is 0.0145. The van der Waals surface area contributed by atoms with Crippen molar-refractivity contribution in [2.75, 3.05) is 0 Å². The quantitative estimate of drug-likeness (QED) is 0.0869. The molecule has 0 fully saturated rings. The third kappa shape index (κ3) is 14.9. The van der Waals surface area contributed by atoms with Crippen molar-refractivity contribution in [1.29, 1.82) is 0 Å². The summed E-state index contributed by atoms with van der Waals surface area (Å²) < 4.78 is 29.5. The lowest BCUT2D eigenvalue weighted by atomic mass is 9.95. The van der Waals surface area contributed by atoms with E-state index in [9.17, 15) is 28.0 Å². The number of nitrogens with zero attached hydrogens (tertiary/aromatic N) is 8. The maximum atomic E-state index is 13.1. The van der Waals surface area contributed by atoms with E-state index in [0.717, 1.165) is 34.2 Å². The van der Waals surface area contributed by atoms with Gasteiger partial charge in [0.1, 0.15) is 17.4 Å². The summed E-state index contributed by atoms with van der Waals surface area (Å²) in [6.45, 7) is 7.64. The third-order valence-corrected chi connectivity index (χ3v) is 11.5. The highest BCUT2D eigenvalue weighted by atomic mass is 35.5. The molecule has 0 bridgehead atoms. The van der Waals surface area contributed by atoms with E-state index in [1.54, 1.807) is 25.1 Å². The lowest BCUT2D eigenvalue weighted by Crippen LogP contribution is -2.14. The van der Waals surface area contributed by atoms with E-state index in [4.69, 9.17) is 34.0 Å². The summed E-state index contributed by atoms with van der Waals surface area (Å²) in [5.74, 6) is -3.31. The second kappa shape index (κ2) is 24.8. The van der Waals surface area contributed by atoms with Gasteiger partial charge in [0.15, 0.2) is 11.6 Å². The number of halogens is 4. The molecule has 0 amide bonds. The number of carboxylic acid groups (broad SMARTS) is 1. The van der Waals surface area contributed by atoms with Gasteiger partial charge >= 0.3 is 5.97 Å². The first-order valence-corrected chi connectivity index (χ1v) is 23.0. The second-order valence-corrected chi connectivity index (χ2v) is 17.3. The first-order chi connectivity index (χ1) is 34.0. The van der Waals surface area contributed by atoms with Gasteiger partial charge in [0, 0.05) is 77.8 Å². The van der Waals surface area contributed by atoms with E-state index in [0.29, 0.717) is 51.7 Å². The molecule has 2 atom stereocenters. The van der Waals surface area contributed by atoms with Crippen molar-refractivity contribution in [3.05, 3.63) is 212 Å². The Kier molecular flexibility index (Phi) is 18.4. The number of Topliss-reactive ketones (excluding diaryl/α,β-unsaturated/α-hetero) is 3. The zero-order valence-corrected chi connectivity index (χ0v) is 40.7. The molecule has 0 saturated carbocycles. The average Bonchev–Trinajstić information content (AvgIpc) is 3.95. The predicted octanol–water partition coefficient (Wildman–Crippen LogP) is 10.0. The Hall–Kier alpha value is -7.66. The fraction of sp³-hybridized carbons (Fsp3) is 0.208. The Morgan fingerprint density at radius 3 is 1.42 bits per heavy atom. The highest BCUT2D eigenvalue weighted by Crippen LogP contribution is 2.22. The number of aliphatic carboxylic acids is 1. The largest absolute Gasteiger partial charge is 0.481 e. The lowest BCUT2D eigenvalue weighted by molar-refractivity contribution is -0.138. The number of aromatic nitrogens is 8. The molecule has 0 aliphatic heterocycles. The van der Waals surface area contributed by atoms with Crippen molar-refractivity contribution < 1.29 is 33.1 Å². The van der Waals surface area contributed by atoms with Gasteiger partial charge in [0.2, 0.25) is 11.6 Å². The van der Waals surface area contributed by atoms with Gasteiger partial charge in [-0.25, -0.2) is 38.1 Å². The van der Waals surface area contributed by atoms with Crippen LogP contribution in [0.25, 0.3) is 11.4 Å². The molecule has 4 heterocycles. The summed E-state index contributed by atoms with van der Waals surface area (Å²) in [5.41, 5.74) is 13.6. The third-order valence-electron chi connectivity index (χ3n) is 11.0. The van der Waals surface area contributed by atoms with Crippen molar-refractivity contribution in [3.8, 4) is 11.4 Å². The molecule has 0 spiro atoms. The van der Waals surface area contributed by atoms with Crippen LogP contribution < -0.4 is 5.73 Å². The van der Waals surface area contributed by atoms with Crippen LogP contribution in [0.2, 0.25) is 10.0 Å². The Labute approximate surface area is 418 Å². The van der Waals surface area contributed by atoms with Gasteiger partial charge in [-0.2, -0.15) is 10.2 Å². The van der Waals surface area contributed by atoms with Gasteiger partial charge < -0.3 is 10.8 Å². The number of carboxylic acids is 1. The summed E-state index contributed by atoms with van der Waals surface area (Å²) >= 11 is 12.1. The Morgan fingerprint density at radius 2 is 1.01 bits per heavy atom. The van der Waals surface area contributed by atoms with Crippen LogP contribution in [0.15, 0.2) is 134 Å². The molecule has 3 N–H and O–H groups in total. The van der Waals surface area contributed by atoms with E-state index in [-0.39, 0.29) is 53.5 Å². The molecule has 0 radical (unpaired) electrons. The van der Waals surface area contributed by atoms with Gasteiger partial charge in [-0.3, -0.25) is 19.2 Å². The number of aryl methyl sites for hydroxylation is 3. The summed E-state index contributed by atoms with van der Waals surface area (Å²) in [5, 5.41) is 19.1. The van der Waals surface area contributed by atoms with Crippen LogP contribution in [0.1, 0.15) is 98.4 Å². The molecule has 8 aromatic rings. The highest BCUT2D eigenvalue weighted by Gasteiger charge is 2.20. The van der Waals surface area contributed by atoms with Crippen LogP contribution in [-0.4, -0.2) is 67.9 Å². The molecule has 2 unspecified atom stereocenters. The second-order valence-electron chi connectivity index (χ2n) is 16.4. The molecule has 0 aliphatic carbocycles. The summed E-state index contributed by atoms with van der Waals surface area (Å²) in [6.07, 6.45) is 6.70. The van der Waals surface area contributed by atoms with Gasteiger partial charge in [0.25, 0.3) is 0 Å². The smallest absolute Gasteiger partial charge is 0.310 e. The monoisotopic (exact) mass is 999 g/mol. The molecule has 0 saturated heterocycles. The minimum Gasteiger partial charge on any atom is -0.481 e. The number of nitrogens with two attached hydrogens (primary N) is 1. The topological polar surface area (TPSA) is 202 Å². The van der Waals surface area contributed by atoms with Gasteiger partial charge in [-0.15, -0.1) is 0 Å². The van der Waals surface area contributed by atoms with Crippen LogP contribution in [-0.2, 0) is 35.4 Å². The fourth-order valence-corrected chi connectivity index (χ4v) is 7.40. The molecular formula is C53H49Cl2F2N9O5. The first-order valence-electron chi connectivity index (χ1n) is 22.3. The molecule has 18 heteroatoms. The standard InChI is InChI=1S/C27H24ClFN4O2.C15H13FN2O3.C11H12ClN3/c1-17-12-24(33(32-17)23-5-3-4-21(28)14-23)10-11-25(34)18(2)20-15-30-27(31-16-20)26(35)13-19-6-8-22(29)9-7-19;1-9(15(20)21)11-7-17-14(18-8-11)13(19)6-10-2-4-12(16)5-3-10;1-8-5-11(7-13)15(14-8)10-4-2-3-9(12)6-10/h3-9,12,14-16,18H,10-11,13H2,1-2H3;2-5,7-9H,6H2,1H3,(H,20,21);2-6H,7,13H2,1H3. The average molecular weight is 1000 g/mol. The maximum absolute atomic E-state index is 13.1. The lowest BCUT2D eigenvalue weighted by Gasteiger charge is -2.12. The maximum Gasteiger partial charge on any atom is 0.310 e. The zero-order valence-electron chi connectivity index (χ0n) is 39.1. The number of rotatable bonds is 16. The van der Waals surface area contributed by atoms with Crippen molar-refractivity contribution in [2.24, 2.45) is 5.73 Å². The number of hydrogen-bond donors (Lipinski definition) is 2. The SMILES string of the molecule is CC(C(=O)O)c1cnc(C(=O)Cc2ccc(F)cc2)nc1.Cc1cc(CCC(=O)C(C)c2cnc(C(=O)Cc3ccc(F)cc3)nc2)n(-c2cccc(Cl)c2)n1.Cc1cc(CN)n(-c2cccc(Cl)c2)n1. The van der Waals surface area contributed by atoms with Gasteiger partial charge in [-0.1, -0.05) is 66.5 Å². The van der Waals surface area contributed by atoms with E-state index in [2.05, 4.69) is 30.1 Å². The summed E-state index contributed by atoms with van der Waals surface area (Å²) in [6, 6.07) is 30.2.